The second-order valence-electron chi connectivity index (χ2n) is 6.19. The number of cyclic esters (lactones) is 1. The molecule has 3 rings (SSSR count). The van der Waals surface area contributed by atoms with E-state index in [2.05, 4.69) is 26.0 Å². The molecule has 1 heterocycles. The van der Waals surface area contributed by atoms with Gasteiger partial charge in [-0.3, -0.25) is 0 Å². The van der Waals surface area contributed by atoms with Gasteiger partial charge in [-0.05, 0) is 36.1 Å². The minimum absolute atomic E-state index is 0.298. The van der Waals surface area contributed by atoms with Crippen molar-refractivity contribution in [1.82, 2.24) is 0 Å². The van der Waals surface area contributed by atoms with E-state index in [0.717, 1.165) is 11.1 Å². The maximum absolute atomic E-state index is 12.1. The van der Waals surface area contributed by atoms with Crippen molar-refractivity contribution in [3.05, 3.63) is 82.4 Å². The number of rotatable bonds is 3. The second kappa shape index (κ2) is 6.25. The van der Waals surface area contributed by atoms with E-state index < -0.39 is 0 Å². The zero-order chi connectivity index (χ0) is 16.4. The summed E-state index contributed by atoms with van der Waals surface area (Å²) in [7, 11) is 0. The molecule has 23 heavy (non-hydrogen) atoms. The van der Waals surface area contributed by atoms with Crippen molar-refractivity contribution in [2.75, 3.05) is 0 Å². The first-order valence-corrected chi connectivity index (χ1v) is 7.85. The van der Waals surface area contributed by atoms with Crippen LogP contribution in [0.3, 0.4) is 0 Å². The Morgan fingerprint density at radius 1 is 0.957 bits per heavy atom. The molecule has 0 fully saturated rings. The number of ether oxygens (including phenoxy) is 1. The molecule has 0 amide bonds. The lowest BCUT2D eigenvalue weighted by atomic mass is 10.0. The van der Waals surface area contributed by atoms with Gasteiger partial charge in [0.2, 0.25) is 0 Å². The molecule has 2 aromatic rings. The molecule has 2 nitrogen and oxygen atoms in total. The van der Waals surface area contributed by atoms with Gasteiger partial charge >= 0.3 is 5.97 Å². The van der Waals surface area contributed by atoms with Crippen LogP contribution in [0.25, 0.3) is 11.8 Å². The number of hydrogen-bond acceptors (Lipinski definition) is 2. The zero-order valence-electron chi connectivity index (χ0n) is 13.7. The Labute approximate surface area is 137 Å². The van der Waals surface area contributed by atoms with E-state index in [9.17, 15) is 4.79 Å². The van der Waals surface area contributed by atoms with E-state index >= 15 is 0 Å². The van der Waals surface area contributed by atoms with Crippen LogP contribution >= 0.6 is 0 Å². The third-order valence-corrected chi connectivity index (χ3v) is 3.99. The number of esters is 1. The molecule has 116 valence electrons. The Kier molecular flexibility index (Phi) is 4.16. The summed E-state index contributed by atoms with van der Waals surface area (Å²) in [6.45, 7) is 6.36. The summed E-state index contributed by atoms with van der Waals surface area (Å²) in [4.78, 5) is 12.1. The predicted molar refractivity (Wildman–Crippen MR) is 93.8 cm³/mol. The molecule has 0 atom stereocenters. The standard InChI is InChI=1S/C21H20O2/c1-14(2)17-10-6-16(7-11-17)12-19-13-20(23-21(19)22)18-8-4-15(3)5-9-18/h4-14H,1-3H3. The molecule has 2 heteroatoms. The lowest BCUT2D eigenvalue weighted by molar-refractivity contribution is -0.130. The molecule has 1 aliphatic rings. The van der Waals surface area contributed by atoms with E-state index in [1.54, 1.807) is 0 Å². The van der Waals surface area contributed by atoms with Crippen molar-refractivity contribution >= 4 is 17.8 Å². The lowest BCUT2D eigenvalue weighted by Crippen LogP contribution is -1.97. The summed E-state index contributed by atoms with van der Waals surface area (Å²) in [6, 6.07) is 16.2. The van der Waals surface area contributed by atoms with E-state index in [1.807, 2.05) is 55.5 Å². The molecule has 0 aliphatic carbocycles. The monoisotopic (exact) mass is 304 g/mol. The molecular weight excluding hydrogens is 284 g/mol. The molecule has 0 radical (unpaired) electrons. The first-order valence-electron chi connectivity index (χ1n) is 7.85. The molecule has 0 saturated heterocycles. The minimum atomic E-state index is -0.298. The molecule has 0 saturated carbocycles. The van der Waals surface area contributed by atoms with Gasteiger partial charge in [0.1, 0.15) is 5.76 Å². The summed E-state index contributed by atoms with van der Waals surface area (Å²) < 4.78 is 5.39. The number of hydrogen-bond donors (Lipinski definition) is 0. The average Bonchev–Trinajstić information content (AvgIpc) is 2.89. The first-order chi connectivity index (χ1) is 11.0. The molecule has 0 aromatic heterocycles. The summed E-state index contributed by atoms with van der Waals surface area (Å²) in [5.41, 5.74) is 4.97. The third kappa shape index (κ3) is 3.42. The number of benzene rings is 2. The highest BCUT2D eigenvalue weighted by atomic mass is 16.5. The number of carbonyl (C=O) groups is 1. The molecule has 2 aromatic carbocycles. The quantitative estimate of drug-likeness (QED) is 0.582. The fourth-order valence-corrected chi connectivity index (χ4v) is 2.51. The molecule has 0 unspecified atom stereocenters. The van der Waals surface area contributed by atoms with Crippen molar-refractivity contribution in [2.24, 2.45) is 0 Å². The van der Waals surface area contributed by atoms with Crippen molar-refractivity contribution in [1.29, 1.82) is 0 Å². The second-order valence-corrected chi connectivity index (χ2v) is 6.19. The van der Waals surface area contributed by atoms with Gasteiger partial charge in [0.05, 0.1) is 5.57 Å². The summed E-state index contributed by atoms with van der Waals surface area (Å²) in [6.07, 6.45) is 3.68. The van der Waals surface area contributed by atoms with Crippen molar-refractivity contribution < 1.29 is 9.53 Å². The first kappa shape index (κ1) is 15.3. The van der Waals surface area contributed by atoms with Crippen LogP contribution < -0.4 is 0 Å². The van der Waals surface area contributed by atoms with Gasteiger partial charge in [-0.15, -0.1) is 0 Å². The summed E-state index contributed by atoms with van der Waals surface area (Å²) >= 11 is 0. The van der Waals surface area contributed by atoms with Crippen LogP contribution in [0, 0.1) is 6.92 Å². The van der Waals surface area contributed by atoms with Gasteiger partial charge in [-0.25, -0.2) is 4.79 Å². The van der Waals surface area contributed by atoms with Gasteiger partial charge in [-0.2, -0.15) is 0 Å². The van der Waals surface area contributed by atoms with Crippen LogP contribution in [0.15, 0.2) is 60.2 Å². The van der Waals surface area contributed by atoms with Crippen molar-refractivity contribution in [3.8, 4) is 0 Å². The fourth-order valence-electron chi connectivity index (χ4n) is 2.51. The van der Waals surface area contributed by atoms with Gasteiger partial charge in [0, 0.05) is 5.56 Å². The van der Waals surface area contributed by atoms with Crippen molar-refractivity contribution in [2.45, 2.75) is 26.7 Å². The van der Waals surface area contributed by atoms with Gasteiger partial charge in [0.15, 0.2) is 0 Å². The third-order valence-electron chi connectivity index (χ3n) is 3.99. The van der Waals surface area contributed by atoms with Crippen LogP contribution in [-0.2, 0) is 9.53 Å². The molecular formula is C21H20O2. The maximum atomic E-state index is 12.1. The Bertz CT molecular complexity index is 776. The molecule has 0 spiro atoms. The number of carbonyl (C=O) groups excluding carboxylic acids is 1. The Balaban J connectivity index is 1.87. The smallest absolute Gasteiger partial charge is 0.343 e. The fraction of sp³-hybridized carbons (Fsp3) is 0.190. The van der Waals surface area contributed by atoms with Crippen molar-refractivity contribution in [3.63, 3.8) is 0 Å². The van der Waals surface area contributed by atoms with Crippen LogP contribution in [0.5, 0.6) is 0 Å². The normalized spacial score (nSPS) is 15.9. The topological polar surface area (TPSA) is 26.3 Å². The Morgan fingerprint density at radius 3 is 2.22 bits per heavy atom. The van der Waals surface area contributed by atoms with Gasteiger partial charge < -0.3 is 4.74 Å². The Hall–Kier alpha value is -2.61. The van der Waals surface area contributed by atoms with E-state index in [0.29, 0.717) is 17.3 Å². The maximum Gasteiger partial charge on any atom is 0.343 e. The van der Waals surface area contributed by atoms with E-state index in [-0.39, 0.29) is 5.97 Å². The highest BCUT2D eigenvalue weighted by molar-refractivity contribution is 6.05. The molecule has 0 N–H and O–H groups in total. The van der Waals surface area contributed by atoms with Crippen LogP contribution in [0.4, 0.5) is 0 Å². The SMILES string of the molecule is Cc1ccc(C2=CC(=Cc3ccc(C(C)C)cc3)C(=O)O2)cc1. The van der Waals surface area contributed by atoms with Crippen LogP contribution in [0.1, 0.15) is 42.0 Å². The predicted octanol–water partition coefficient (Wildman–Crippen LogP) is 5.10. The summed E-state index contributed by atoms with van der Waals surface area (Å²) in [5, 5.41) is 0. The molecule has 1 aliphatic heterocycles. The van der Waals surface area contributed by atoms with Crippen LogP contribution in [0.2, 0.25) is 0 Å². The van der Waals surface area contributed by atoms with E-state index in [4.69, 9.17) is 4.74 Å². The minimum Gasteiger partial charge on any atom is -0.422 e. The Morgan fingerprint density at radius 2 is 1.61 bits per heavy atom. The number of aryl methyl sites for hydroxylation is 1. The van der Waals surface area contributed by atoms with E-state index in [1.165, 1.54) is 11.1 Å². The highest BCUT2D eigenvalue weighted by Crippen LogP contribution is 2.27. The lowest BCUT2D eigenvalue weighted by Gasteiger charge is -2.04. The highest BCUT2D eigenvalue weighted by Gasteiger charge is 2.21. The van der Waals surface area contributed by atoms with Crippen LogP contribution in [-0.4, -0.2) is 5.97 Å². The van der Waals surface area contributed by atoms with Gasteiger partial charge in [0.25, 0.3) is 0 Å². The zero-order valence-corrected chi connectivity index (χ0v) is 13.7. The molecule has 0 bridgehead atoms. The average molecular weight is 304 g/mol. The summed E-state index contributed by atoms with van der Waals surface area (Å²) in [5.74, 6) is 0.815. The largest absolute Gasteiger partial charge is 0.422 e. The van der Waals surface area contributed by atoms with Gasteiger partial charge in [-0.1, -0.05) is 67.9 Å².